The minimum Gasteiger partial charge on any atom is -0.508 e. The number of phenols is 1. The average Bonchev–Trinajstić information content (AvgIpc) is 3.37. The Hall–Kier alpha value is -3.82. The summed E-state index contributed by atoms with van der Waals surface area (Å²) in [6, 6.07) is 22.7. The molecule has 0 amide bonds. The first kappa shape index (κ1) is 23.9. The second-order valence-electron chi connectivity index (χ2n) is 9.43. The van der Waals surface area contributed by atoms with Crippen LogP contribution in [0.4, 0.5) is 4.39 Å². The molecule has 2 aliphatic rings. The molecule has 0 radical (unpaired) electrons. The Morgan fingerprint density at radius 1 is 1.11 bits per heavy atom. The Kier molecular flexibility index (Phi) is 6.92. The lowest BCUT2D eigenvalue weighted by molar-refractivity contribution is 0.228. The van der Waals surface area contributed by atoms with Gasteiger partial charge in [0, 0.05) is 30.1 Å². The van der Waals surface area contributed by atoms with Crippen molar-refractivity contribution < 1.29 is 19.0 Å². The fourth-order valence-corrected chi connectivity index (χ4v) is 5.04. The number of halogens is 1. The number of likely N-dealkylation sites (tertiary alicyclic amines) is 1. The Morgan fingerprint density at radius 3 is 2.58 bits per heavy atom. The molecule has 2 aliphatic heterocycles. The van der Waals surface area contributed by atoms with Crippen molar-refractivity contribution in [2.75, 3.05) is 32.9 Å². The minimum absolute atomic E-state index is 0.163. The highest BCUT2D eigenvalue weighted by atomic mass is 19.1. The van der Waals surface area contributed by atoms with E-state index < -0.39 is 0 Å². The van der Waals surface area contributed by atoms with Crippen LogP contribution in [0.15, 0.2) is 66.7 Å². The van der Waals surface area contributed by atoms with E-state index in [-0.39, 0.29) is 24.4 Å². The van der Waals surface area contributed by atoms with E-state index in [1.165, 1.54) is 0 Å². The van der Waals surface area contributed by atoms with E-state index >= 15 is 0 Å². The smallest absolute Gasteiger partial charge is 0.150 e. The summed E-state index contributed by atoms with van der Waals surface area (Å²) in [5.74, 6) is 1.84. The zero-order valence-electron chi connectivity index (χ0n) is 20.3. The number of benzene rings is 3. The molecule has 36 heavy (non-hydrogen) atoms. The van der Waals surface area contributed by atoms with Crippen molar-refractivity contribution in [1.82, 2.24) is 4.90 Å². The number of ether oxygens (including phenoxy) is 2. The molecule has 0 saturated carbocycles. The van der Waals surface area contributed by atoms with Gasteiger partial charge in [0.1, 0.15) is 30.0 Å². The molecule has 6 heteroatoms. The number of aromatic hydroxyl groups is 1. The summed E-state index contributed by atoms with van der Waals surface area (Å²) in [6.45, 7) is 4.87. The Labute approximate surface area is 211 Å². The molecule has 2 atom stereocenters. The first-order valence-electron chi connectivity index (χ1n) is 12.3. The van der Waals surface area contributed by atoms with Crippen molar-refractivity contribution in [2.24, 2.45) is 5.92 Å². The number of nitriles is 1. The van der Waals surface area contributed by atoms with E-state index in [0.29, 0.717) is 17.9 Å². The van der Waals surface area contributed by atoms with Crippen LogP contribution in [0.25, 0.3) is 11.1 Å². The quantitative estimate of drug-likeness (QED) is 0.446. The average molecular weight is 485 g/mol. The van der Waals surface area contributed by atoms with Crippen LogP contribution < -0.4 is 9.47 Å². The van der Waals surface area contributed by atoms with Gasteiger partial charge in [-0.1, -0.05) is 24.3 Å². The monoisotopic (exact) mass is 484 g/mol. The number of phenolic OH excluding ortho intramolecular Hbond substituents is 1. The van der Waals surface area contributed by atoms with E-state index in [9.17, 15) is 14.8 Å². The number of fused-ring (bicyclic) bond motifs is 1. The molecule has 3 aromatic rings. The largest absolute Gasteiger partial charge is 0.508 e. The molecule has 2 heterocycles. The topological polar surface area (TPSA) is 65.7 Å². The molecule has 1 fully saturated rings. The zero-order valence-corrected chi connectivity index (χ0v) is 20.3. The number of alkyl halides is 1. The van der Waals surface area contributed by atoms with Gasteiger partial charge in [-0.05, 0) is 79.1 Å². The zero-order chi connectivity index (χ0) is 25.1. The third kappa shape index (κ3) is 4.93. The maximum absolute atomic E-state index is 12.8. The van der Waals surface area contributed by atoms with Crippen LogP contribution in [-0.4, -0.2) is 42.9 Å². The summed E-state index contributed by atoms with van der Waals surface area (Å²) in [6.07, 6.45) is 0.565. The third-order valence-electron chi connectivity index (χ3n) is 7.05. The molecule has 0 bridgehead atoms. The number of hydrogen-bond acceptors (Lipinski definition) is 5. The second kappa shape index (κ2) is 10.4. The maximum Gasteiger partial charge on any atom is 0.150 e. The van der Waals surface area contributed by atoms with E-state index in [2.05, 4.69) is 11.0 Å². The van der Waals surface area contributed by atoms with E-state index in [0.717, 1.165) is 59.6 Å². The summed E-state index contributed by atoms with van der Waals surface area (Å²) in [5.41, 5.74) is 5.39. The molecule has 1 unspecified atom stereocenters. The molecular formula is C30H29FN2O3. The molecule has 3 aromatic carbocycles. The predicted octanol–water partition coefficient (Wildman–Crippen LogP) is 6.00. The molecule has 1 N–H and O–H groups in total. The van der Waals surface area contributed by atoms with Crippen LogP contribution in [0, 0.1) is 17.2 Å². The maximum atomic E-state index is 12.8. The summed E-state index contributed by atoms with van der Waals surface area (Å²) in [7, 11) is 0. The number of rotatable bonds is 7. The van der Waals surface area contributed by atoms with Gasteiger partial charge < -0.3 is 14.6 Å². The standard InChI is InChI=1S/C30H29FN2O3/c1-20-27-16-25(34)8-11-28(27)36-30(29(20)23-4-2-21(18-32)3-5-23)24-6-9-26(10-7-24)35-15-14-33-13-12-22(17-31)19-33/h2-11,16,22,30,34H,12-15,17,19H2,1H3/t22-,30?/m0/s1. The molecule has 1 saturated heterocycles. The van der Waals surface area contributed by atoms with Crippen molar-refractivity contribution >= 4 is 11.1 Å². The predicted molar refractivity (Wildman–Crippen MR) is 138 cm³/mol. The molecular weight excluding hydrogens is 455 g/mol. The van der Waals surface area contributed by atoms with Crippen LogP contribution >= 0.6 is 0 Å². The fourth-order valence-electron chi connectivity index (χ4n) is 5.04. The Bertz CT molecular complexity index is 1300. The molecule has 0 aliphatic carbocycles. The SMILES string of the molecule is CC1=C(c2ccc(C#N)cc2)C(c2ccc(OCCN3CC[C@@H](CF)C3)cc2)Oc2ccc(O)cc21. The summed E-state index contributed by atoms with van der Waals surface area (Å²) in [5, 5.41) is 19.3. The van der Waals surface area contributed by atoms with E-state index in [1.54, 1.807) is 30.3 Å². The van der Waals surface area contributed by atoms with Crippen molar-refractivity contribution in [3.63, 3.8) is 0 Å². The Morgan fingerprint density at radius 2 is 1.89 bits per heavy atom. The van der Waals surface area contributed by atoms with Gasteiger partial charge in [-0.15, -0.1) is 0 Å². The van der Waals surface area contributed by atoms with Gasteiger partial charge in [0.25, 0.3) is 0 Å². The van der Waals surface area contributed by atoms with Crippen LogP contribution in [0.3, 0.4) is 0 Å². The molecule has 5 rings (SSSR count). The van der Waals surface area contributed by atoms with Gasteiger partial charge in [0.2, 0.25) is 0 Å². The number of nitrogens with zero attached hydrogens (tertiary/aromatic N) is 2. The summed E-state index contributed by atoms with van der Waals surface area (Å²) >= 11 is 0. The fraction of sp³-hybridized carbons (Fsp3) is 0.300. The van der Waals surface area contributed by atoms with Gasteiger partial charge in [0.15, 0.2) is 0 Å². The van der Waals surface area contributed by atoms with Crippen LogP contribution in [0.2, 0.25) is 0 Å². The van der Waals surface area contributed by atoms with Gasteiger partial charge in [0.05, 0.1) is 18.3 Å². The second-order valence-corrected chi connectivity index (χ2v) is 9.43. The van der Waals surface area contributed by atoms with E-state index in [1.807, 2.05) is 43.3 Å². The molecule has 0 aromatic heterocycles. The third-order valence-corrected chi connectivity index (χ3v) is 7.05. The molecule has 184 valence electrons. The lowest BCUT2D eigenvalue weighted by Gasteiger charge is -2.31. The van der Waals surface area contributed by atoms with Gasteiger partial charge in [-0.25, -0.2) is 0 Å². The highest BCUT2D eigenvalue weighted by molar-refractivity contribution is 5.95. The number of allylic oxidation sites excluding steroid dienone is 1. The van der Waals surface area contributed by atoms with Crippen LogP contribution in [0.1, 0.15) is 41.7 Å². The van der Waals surface area contributed by atoms with Crippen molar-refractivity contribution in [3.05, 3.63) is 89.0 Å². The van der Waals surface area contributed by atoms with Crippen molar-refractivity contribution in [3.8, 4) is 23.3 Å². The highest BCUT2D eigenvalue weighted by Gasteiger charge is 2.29. The van der Waals surface area contributed by atoms with Crippen LogP contribution in [0.5, 0.6) is 17.2 Å². The van der Waals surface area contributed by atoms with E-state index in [4.69, 9.17) is 9.47 Å². The first-order valence-corrected chi connectivity index (χ1v) is 12.3. The lowest BCUT2D eigenvalue weighted by atomic mass is 9.86. The number of hydrogen-bond donors (Lipinski definition) is 1. The lowest BCUT2D eigenvalue weighted by Crippen LogP contribution is -2.26. The molecule has 5 nitrogen and oxygen atoms in total. The highest BCUT2D eigenvalue weighted by Crippen LogP contribution is 2.47. The van der Waals surface area contributed by atoms with Gasteiger partial charge in [-0.2, -0.15) is 5.26 Å². The van der Waals surface area contributed by atoms with Crippen LogP contribution in [-0.2, 0) is 0 Å². The van der Waals surface area contributed by atoms with Gasteiger partial charge >= 0.3 is 0 Å². The minimum atomic E-state index is -0.355. The summed E-state index contributed by atoms with van der Waals surface area (Å²) in [4.78, 5) is 2.25. The van der Waals surface area contributed by atoms with Gasteiger partial charge in [-0.3, -0.25) is 9.29 Å². The molecule has 0 spiro atoms. The van der Waals surface area contributed by atoms with Crippen molar-refractivity contribution in [1.29, 1.82) is 5.26 Å². The first-order chi connectivity index (χ1) is 17.6. The van der Waals surface area contributed by atoms with Crippen molar-refractivity contribution in [2.45, 2.75) is 19.4 Å². The summed E-state index contributed by atoms with van der Waals surface area (Å²) < 4.78 is 25.3. The normalized spacial score (nSPS) is 19.5. The Balaban J connectivity index is 1.37.